The highest BCUT2D eigenvalue weighted by molar-refractivity contribution is 5.81. The van der Waals surface area contributed by atoms with Gasteiger partial charge in [0.25, 0.3) is 0 Å². The number of hydrogen-bond acceptors (Lipinski definition) is 1. The van der Waals surface area contributed by atoms with Crippen LogP contribution >= 0.6 is 0 Å². The number of amides is 1. The van der Waals surface area contributed by atoms with E-state index < -0.39 is 0 Å². The van der Waals surface area contributed by atoms with Crippen LogP contribution < -0.4 is 0 Å². The third-order valence-electron chi connectivity index (χ3n) is 3.78. The molecule has 0 bridgehead atoms. The fourth-order valence-electron chi connectivity index (χ4n) is 2.57. The van der Waals surface area contributed by atoms with Gasteiger partial charge in [-0.25, -0.2) is 0 Å². The van der Waals surface area contributed by atoms with Crippen LogP contribution in [0.1, 0.15) is 11.1 Å². The van der Waals surface area contributed by atoms with Crippen molar-refractivity contribution in [1.82, 2.24) is 4.90 Å². The molecule has 0 N–H and O–H groups in total. The van der Waals surface area contributed by atoms with Crippen molar-refractivity contribution in [3.05, 3.63) is 97.1 Å². The van der Waals surface area contributed by atoms with E-state index in [1.807, 2.05) is 65.6 Å². The first kappa shape index (κ1) is 16.8. The van der Waals surface area contributed by atoms with Gasteiger partial charge in [-0.3, -0.25) is 4.79 Å². The van der Waals surface area contributed by atoms with Crippen molar-refractivity contribution in [2.75, 3.05) is 6.54 Å². The lowest BCUT2D eigenvalue weighted by Crippen LogP contribution is -2.36. The summed E-state index contributed by atoms with van der Waals surface area (Å²) in [6.07, 6.45) is 4.19. The SMILES string of the molecule is C=CCN(Cc1ccccc1)C(=O)C(C=C)Cc1ccccc1. The van der Waals surface area contributed by atoms with Crippen LogP contribution in [-0.2, 0) is 17.8 Å². The number of rotatable bonds is 8. The van der Waals surface area contributed by atoms with E-state index in [1.54, 1.807) is 12.2 Å². The Morgan fingerprint density at radius 2 is 1.52 bits per heavy atom. The standard InChI is InChI=1S/C21H23NO/c1-3-15-22(17-19-13-9-6-10-14-19)21(23)20(4-2)16-18-11-7-5-8-12-18/h3-14,20H,1-2,15-17H2. The zero-order valence-corrected chi connectivity index (χ0v) is 13.4. The van der Waals surface area contributed by atoms with Gasteiger partial charge in [0.2, 0.25) is 5.91 Å². The molecule has 0 aromatic heterocycles. The highest BCUT2D eigenvalue weighted by Gasteiger charge is 2.21. The number of benzene rings is 2. The van der Waals surface area contributed by atoms with E-state index in [0.29, 0.717) is 19.5 Å². The summed E-state index contributed by atoms with van der Waals surface area (Å²) in [7, 11) is 0. The minimum atomic E-state index is -0.221. The van der Waals surface area contributed by atoms with Gasteiger partial charge in [-0.2, -0.15) is 0 Å². The van der Waals surface area contributed by atoms with E-state index in [2.05, 4.69) is 13.2 Å². The highest BCUT2D eigenvalue weighted by atomic mass is 16.2. The van der Waals surface area contributed by atoms with Crippen LogP contribution in [0.5, 0.6) is 0 Å². The lowest BCUT2D eigenvalue weighted by molar-refractivity contribution is -0.134. The van der Waals surface area contributed by atoms with Gasteiger partial charge in [0.05, 0.1) is 5.92 Å². The summed E-state index contributed by atoms with van der Waals surface area (Å²) in [5, 5.41) is 0. The van der Waals surface area contributed by atoms with E-state index in [9.17, 15) is 4.79 Å². The Morgan fingerprint density at radius 3 is 2.04 bits per heavy atom. The molecule has 0 fully saturated rings. The van der Waals surface area contributed by atoms with Crippen molar-refractivity contribution in [1.29, 1.82) is 0 Å². The van der Waals surface area contributed by atoms with Crippen molar-refractivity contribution in [3.8, 4) is 0 Å². The van der Waals surface area contributed by atoms with Gasteiger partial charge in [-0.15, -0.1) is 13.2 Å². The van der Waals surface area contributed by atoms with Gasteiger partial charge >= 0.3 is 0 Å². The Bertz CT molecular complexity index is 633. The molecule has 0 saturated heterocycles. The lowest BCUT2D eigenvalue weighted by atomic mass is 9.97. The van der Waals surface area contributed by atoms with Crippen LogP contribution in [0.15, 0.2) is 86.0 Å². The van der Waals surface area contributed by atoms with Gasteiger partial charge in [-0.05, 0) is 17.5 Å². The fraction of sp³-hybridized carbons (Fsp3) is 0.190. The van der Waals surface area contributed by atoms with Crippen molar-refractivity contribution in [3.63, 3.8) is 0 Å². The minimum Gasteiger partial charge on any atom is -0.334 e. The maximum atomic E-state index is 12.9. The monoisotopic (exact) mass is 305 g/mol. The molecule has 118 valence electrons. The molecule has 1 amide bonds. The summed E-state index contributed by atoms with van der Waals surface area (Å²) in [6, 6.07) is 20.1. The Labute approximate surface area is 138 Å². The summed E-state index contributed by atoms with van der Waals surface area (Å²) >= 11 is 0. The predicted molar refractivity (Wildman–Crippen MR) is 95.9 cm³/mol. The first-order valence-corrected chi connectivity index (χ1v) is 7.84. The Morgan fingerprint density at radius 1 is 0.957 bits per heavy atom. The summed E-state index contributed by atoms with van der Waals surface area (Å²) in [5.74, 6) is -0.131. The van der Waals surface area contributed by atoms with Gasteiger partial charge < -0.3 is 4.90 Å². The molecular weight excluding hydrogens is 282 g/mol. The molecule has 2 aromatic rings. The molecule has 2 heteroatoms. The summed E-state index contributed by atoms with van der Waals surface area (Å²) < 4.78 is 0. The largest absolute Gasteiger partial charge is 0.334 e. The Kier molecular flexibility index (Phi) is 6.37. The molecule has 2 rings (SSSR count). The number of hydrogen-bond donors (Lipinski definition) is 0. The van der Waals surface area contributed by atoms with Gasteiger partial charge in [0.1, 0.15) is 0 Å². The van der Waals surface area contributed by atoms with Crippen molar-refractivity contribution in [2.24, 2.45) is 5.92 Å². The average molecular weight is 305 g/mol. The summed E-state index contributed by atoms with van der Waals surface area (Å²) in [5.41, 5.74) is 2.26. The predicted octanol–water partition coefficient (Wildman–Crippen LogP) is 4.25. The molecule has 0 spiro atoms. The zero-order valence-electron chi connectivity index (χ0n) is 13.4. The molecule has 0 aliphatic rings. The number of carbonyl (C=O) groups is 1. The van der Waals surface area contributed by atoms with Crippen LogP contribution in [0, 0.1) is 5.92 Å². The topological polar surface area (TPSA) is 20.3 Å². The molecule has 1 atom stereocenters. The van der Waals surface area contributed by atoms with E-state index in [0.717, 1.165) is 11.1 Å². The molecule has 0 aliphatic carbocycles. The second kappa shape index (κ2) is 8.74. The van der Waals surface area contributed by atoms with Crippen molar-refractivity contribution >= 4 is 5.91 Å². The van der Waals surface area contributed by atoms with E-state index in [-0.39, 0.29) is 11.8 Å². The summed E-state index contributed by atoms with van der Waals surface area (Å²) in [6.45, 7) is 8.75. The third-order valence-corrected chi connectivity index (χ3v) is 3.78. The Balaban J connectivity index is 2.11. The second-order valence-electron chi connectivity index (χ2n) is 5.52. The van der Waals surface area contributed by atoms with Gasteiger partial charge in [0, 0.05) is 13.1 Å². The van der Waals surface area contributed by atoms with Crippen LogP contribution in [0.3, 0.4) is 0 Å². The van der Waals surface area contributed by atoms with Crippen molar-refractivity contribution in [2.45, 2.75) is 13.0 Å². The van der Waals surface area contributed by atoms with Gasteiger partial charge in [-0.1, -0.05) is 72.8 Å². The average Bonchev–Trinajstić information content (AvgIpc) is 2.60. The minimum absolute atomic E-state index is 0.0904. The number of nitrogens with zero attached hydrogens (tertiary/aromatic N) is 1. The molecular formula is C21H23NO. The molecule has 0 aliphatic heterocycles. The molecule has 0 heterocycles. The molecule has 0 saturated carbocycles. The fourth-order valence-corrected chi connectivity index (χ4v) is 2.57. The van der Waals surface area contributed by atoms with Crippen LogP contribution in [0.2, 0.25) is 0 Å². The first-order chi connectivity index (χ1) is 11.2. The molecule has 0 radical (unpaired) electrons. The van der Waals surface area contributed by atoms with E-state index >= 15 is 0 Å². The molecule has 2 nitrogen and oxygen atoms in total. The molecule has 1 unspecified atom stereocenters. The maximum Gasteiger partial charge on any atom is 0.230 e. The van der Waals surface area contributed by atoms with Crippen LogP contribution in [0.4, 0.5) is 0 Å². The quantitative estimate of drug-likeness (QED) is 0.668. The van der Waals surface area contributed by atoms with Crippen LogP contribution in [0.25, 0.3) is 0 Å². The van der Waals surface area contributed by atoms with E-state index in [4.69, 9.17) is 0 Å². The van der Waals surface area contributed by atoms with E-state index in [1.165, 1.54) is 0 Å². The van der Waals surface area contributed by atoms with Crippen LogP contribution in [-0.4, -0.2) is 17.4 Å². The highest BCUT2D eigenvalue weighted by Crippen LogP contribution is 2.15. The number of carbonyl (C=O) groups excluding carboxylic acids is 1. The Hall–Kier alpha value is -2.61. The zero-order chi connectivity index (χ0) is 16.5. The second-order valence-corrected chi connectivity index (χ2v) is 5.52. The molecule has 23 heavy (non-hydrogen) atoms. The normalized spacial score (nSPS) is 11.5. The first-order valence-electron chi connectivity index (χ1n) is 7.84. The van der Waals surface area contributed by atoms with Gasteiger partial charge in [0.15, 0.2) is 0 Å². The smallest absolute Gasteiger partial charge is 0.230 e. The summed E-state index contributed by atoms with van der Waals surface area (Å²) in [4.78, 5) is 14.7. The third kappa shape index (κ3) is 4.96. The molecule has 2 aromatic carbocycles. The van der Waals surface area contributed by atoms with Crippen molar-refractivity contribution < 1.29 is 4.79 Å². The lowest BCUT2D eigenvalue weighted by Gasteiger charge is -2.25. The maximum absolute atomic E-state index is 12.9.